The van der Waals surface area contributed by atoms with Crippen molar-refractivity contribution in [1.82, 2.24) is 14.5 Å². The Morgan fingerprint density at radius 1 is 1.22 bits per heavy atom. The molecule has 1 aliphatic rings. The Morgan fingerprint density at radius 3 is 2.50 bits per heavy atom. The van der Waals surface area contributed by atoms with Gasteiger partial charge in [-0.15, -0.1) is 0 Å². The maximum atomic E-state index is 14.2. The zero-order valence-corrected chi connectivity index (χ0v) is 22.8. The molecule has 1 unspecified atom stereocenters. The number of benzene rings is 1. The second kappa shape index (κ2) is 10.9. The monoisotopic (exact) mass is 533 g/mol. The van der Waals surface area contributed by atoms with E-state index in [0.717, 1.165) is 23.1 Å². The molecule has 10 heteroatoms. The van der Waals surface area contributed by atoms with Gasteiger partial charge < -0.3 is 19.3 Å². The molecule has 3 aromatic rings. The standard InChI is InChI=1S/C26H33F2N3O3SSi/c1-36(2,3)11-10-34-16-31-15-22(18-12-19(27)14-20(28)13-18)23-21(4-7-29-25(23)31)24(35)17-5-8-30(9-6-17)26(32)33/h4,7,12-15,17,24,35H,5-6,8-11,16H2,1-3H3,(H,32,33). The number of aromatic nitrogens is 2. The summed E-state index contributed by atoms with van der Waals surface area (Å²) in [6.45, 7) is 8.71. The van der Waals surface area contributed by atoms with Crippen LogP contribution in [-0.4, -0.2) is 53.4 Å². The van der Waals surface area contributed by atoms with Crippen LogP contribution in [0.4, 0.5) is 13.6 Å². The number of piperidine rings is 1. The van der Waals surface area contributed by atoms with Crippen LogP contribution in [0.3, 0.4) is 0 Å². The lowest BCUT2D eigenvalue weighted by Gasteiger charge is -2.33. The van der Waals surface area contributed by atoms with Crippen molar-refractivity contribution >= 4 is 37.8 Å². The Bertz CT molecular complexity index is 1220. The number of hydrogen-bond donors (Lipinski definition) is 2. The number of thiol groups is 1. The lowest BCUT2D eigenvalue weighted by molar-refractivity contribution is 0.0899. The molecule has 0 radical (unpaired) electrons. The smallest absolute Gasteiger partial charge is 0.407 e. The topological polar surface area (TPSA) is 67.6 Å². The van der Waals surface area contributed by atoms with E-state index in [2.05, 4.69) is 24.6 Å². The van der Waals surface area contributed by atoms with Gasteiger partial charge >= 0.3 is 6.09 Å². The quantitative estimate of drug-likeness (QED) is 0.193. The summed E-state index contributed by atoms with van der Waals surface area (Å²) in [6.07, 6.45) is 4.04. The first-order valence-corrected chi connectivity index (χ1v) is 16.4. The van der Waals surface area contributed by atoms with E-state index in [1.54, 1.807) is 6.20 Å². The van der Waals surface area contributed by atoms with Gasteiger partial charge in [-0.25, -0.2) is 18.6 Å². The van der Waals surface area contributed by atoms with Crippen LogP contribution in [0.5, 0.6) is 0 Å². The molecule has 2 aromatic heterocycles. The third-order valence-electron chi connectivity index (χ3n) is 6.77. The van der Waals surface area contributed by atoms with E-state index in [1.807, 2.05) is 16.8 Å². The number of likely N-dealkylation sites (tertiary alicyclic amines) is 1. The third-order valence-corrected chi connectivity index (χ3v) is 9.17. The van der Waals surface area contributed by atoms with Crippen molar-refractivity contribution < 1.29 is 23.4 Å². The highest BCUT2D eigenvalue weighted by atomic mass is 32.1. The largest absolute Gasteiger partial charge is 0.465 e. The molecule has 1 fully saturated rings. The average Bonchev–Trinajstić information content (AvgIpc) is 3.19. The van der Waals surface area contributed by atoms with E-state index in [1.165, 1.54) is 17.0 Å². The first-order chi connectivity index (χ1) is 17.0. The molecule has 4 rings (SSSR count). The van der Waals surface area contributed by atoms with Crippen molar-refractivity contribution in [1.29, 1.82) is 0 Å². The summed E-state index contributed by atoms with van der Waals surface area (Å²) in [5.41, 5.74) is 2.68. The molecule has 1 amide bonds. The first kappa shape index (κ1) is 26.6. The normalized spacial score (nSPS) is 16.0. The minimum Gasteiger partial charge on any atom is -0.465 e. The number of carboxylic acid groups (broad SMARTS) is 1. The molecule has 1 aliphatic heterocycles. The molecule has 1 atom stereocenters. The molecule has 0 aliphatic carbocycles. The van der Waals surface area contributed by atoms with E-state index < -0.39 is 25.8 Å². The second-order valence-corrected chi connectivity index (χ2v) is 16.8. The molecule has 36 heavy (non-hydrogen) atoms. The van der Waals surface area contributed by atoms with Crippen molar-refractivity contribution in [3.8, 4) is 11.1 Å². The Labute approximate surface area is 216 Å². The first-order valence-electron chi connectivity index (χ1n) is 12.2. The van der Waals surface area contributed by atoms with Gasteiger partial charge in [0, 0.05) is 62.4 Å². The predicted octanol–water partition coefficient (Wildman–Crippen LogP) is 6.65. The Kier molecular flexibility index (Phi) is 8.06. The summed E-state index contributed by atoms with van der Waals surface area (Å²) < 4.78 is 36.2. The van der Waals surface area contributed by atoms with Crippen molar-refractivity contribution in [2.75, 3.05) is 19.7 Å². The van der Waals surface area contributed by atoms with Gasteiger partial charge in [0.2, 0.25) is 0 Å². The molecule has 194 valence electrons. The Hall–Kier alpha value is -2.43. The summed E-state index contributed by atoms with van der Waals surface area (Å²) in [4.78, 5) is 17.4. The Balaban J connectivity index is 1.72. The van der Waals surface area contributed by atoms with Crippen molar-refractivity contribution in [2.24, 2.45) is 5.92 Å². The maximum absolute atomic E-state index is 14.2. The van der Waals surface area contributed by atoms with Crippen LogP contribution in [0.25, 0.3) is 22.2 Å². The molecule has 0 spiro atoms. The number of halogens is 2. The summed E-state index contributed by atoms with van der Waals surface area (Å²) in [7, 11) is -1.25. The van der Waals surface area contributed by atoms with Crippen LogP contribution >= 0.6 is 12.6 Å². The predicted molar refractivity (Wildman–Crippen MR) is 143 cm³/mol. The van der Waals surface area contributed by atoms with Gasteiger partial charge in [0.15, 0.2) is 0 Å². The van der Waals surface area contributed by atoms with Gasteiger partial charge in [-0.2, -0.15) is 12.6 Å². The SMILES string of the molecule is C[Si](C)(C)CCOCn1cc(-c2cc(F)cc(F)c2)c2c(C(S)C3CCN(C(=O)O)CC3)ccnc21. The number of pyridine rings is 1. The van der Waals surface area contributed by atoms with Crippen molar-refractivity contribution in [3.05, 3.63) is 53.9 Å². The van der Waals surface area contributed by atoms with Crippen LogP contribution in [0, 0.1) is 17.6 Å². The zero-order valence-electron chi connectivity index (χ0n) is 20.9. The van der Waals surface area contributed by atoms with Gasteiger partial charge in [-0.05, 0) is 54.1 Å². The maximum Gasteiger partial charge on any atom is 0.407 e. The summed E-state index contributed by atoms with van der Waals surface area (Å²) in [5.74, 6) is -1.14. The van der Waals surface area contributed by atoms with Crippen LogP contribution in [0.2, 0.25) is 25.7 Å². The van der Waals surface area contributed by atoms with Crippen LogP contribution in [-0.2, 0) is 11.5 Å². The van der Waals surface area contributed by atoms with Crippen LogP contribution in [0.15, 0.2) is 36.7 Å². The number of nitrogens with zero attached hydrogens (tertiary/aromatic N) is 3. The lowest BCUT2D eigenvalue weighted by atomic mass is 9.88. The highest BCUT2D eigenvalue weighted by molar-refractivity contribution is 7.80. The number of amides is 1. The van der Waals surface area contributed by atoms with Gasteiger partial charge in [0.25, 0.3) is 0 Å². The molecule has 0 bridgehead atoms. The summed E-state index contributed by atoms with van der Waals surface area (Å²) in [6, 6.07) is 6.44. The highest BCUT2D eigenvalue weighted by Crippen LogP contribution is 2.42. The average molecular weight is 534 g/mol. The van der Waals surface area contributed by atoms with E-state index in [9.17, 15) is 18.7 Å². The lowest BCUT2D eigenvalue weighted by Crippen LogP contribution is -2.38. The van der Waals surface area contributed by atoms with E-state index >= 15 is 0 Å². The van der Waals surface area contributed by atoms with Crippen LogP contribution < -0.4 is 0 Å². The highest BCUT2D eigenvalue weighted by Gasteiger charge is 2.30. The van der Waals surface area contributed by atoms with E-state index in [0.29, 0.717) is 49.3 Å². The molecular formula is C26H33F2N3O3SSi. The minimum absolute atomic E-state index is 0.156. The fourth-order valence-corrected chi connectivity index (χ4v) is 5.99. The number of fused-ring (bicyclic) bond motifs is 1. The number of carbonyl (C=O) groups is 1. The fourth-order valence-electron chi connectivity index (χ4n) is 4.72. The zero-order chi connectivity index (χ0) is 26.0. The van der Waals surface area contributed by atoms with Gasteiger partial charge in [-0.3, -0.25) is 0 Å². The van der Waals surface area contributed by atoms with Gasteiger partial charge in [0.1, 0.15) is 24.0 Å². The molecule has 0 saturated carbocycles. The molecular weight excluding hydrogens is 500 g/mol. The third kappa shape index (κ3) is 6.09. The molecule has 6 nitrogen and oxygen atoms in total. The molecule has 1 N–H and O–H groups in total. The number of hydrogen-bond acceptors (Lipinski definition) is 4. The van der Waals surface area contributed by atoms with Crippen LogP contribution in [0.1, 0.15) is 23.7 Å². The molecule has 1 saturated heterocycles. The number of ether oxygens (including phenoxy) is 1. The minimum atomic E-state index is -1.25. The summed E-state index contributed by atoms with van der Waals surface area (Å²) in [5, 5.41) is 9.89. The van der Waals surface area contributed by atoms with Crippen molar-refractivity contribution in [3.63, 3.8) is 0 Å². The fraction of sp³-hybridized carbons (Fsp3) is 0.462. The van der Waals surface area contributed by atoms with Gasteiger partial charge in [0.05, 0.1) is 0 Å². The summed E-state index contributed by atoms with van der Waals surface area (Å²) >= 11 is 4.97. The van der Waals surface area contributed by atoms with E-state index in [4.69, 9.17) is 17.4 Å². The number of rotatable bonds is 8. The Morgan fingerprint density at radius 2 is 1.89 bits per heavy atom. The van der Waals surface area contributed by atoms with E-state index in [-0.39, 0.29) is 17.9 Å². The van der Waals surface area contributed by atoms with Gasteiger partial charge in [-0.1, -0.05) is 19.6 Å². The molecule has 3 heterocycles. The van der Waals surface area contributed by atoms with Crippen molar-refractivity contribution in [2.45, 2.75) is 50.5 Å². The molecule has 1 aromatic carbocycles. The second-order valence-electron chi connectivity index (χ2n) is 10.7.